The second kappa shape index (κ2) is 9.91. The maximum absolute atomic E-state index is 11.8. The van der Waals surface area contributed by atoms with Crippen LogP contribution < -0.4 is 16.0 Å². The van der Waals surface area contributed by atoms with Gasteiger partial charge >= 0.3 is 6.03 Å². The van der Waals surface area contributed by atoms with Gasteiger partial charge in [-0.2, -0.15) is 16.8 Å². The highest BCUT2D eigenvalue weighted by atomic mass is 32.2. The van der Waals surface area contributed by atoms with Gasteiger partial charge in [0.05, 0.1) is 0 Å². The lowest BCUT2D eigenvalue weighted by molar-refractivity contribution is -0.114. The van der Waals surface area contributed by atoms with Crippen molar-refractivity contribution in [1.82, 2.24) is 5.32 Å². The Labute approximate surface area is 185 Å². The molecule has 11 nitrogen and oxygen atoms in total. The number of hydrogen-bond donors (Lipinski definition) is 5. The maximum Gasteiger partial charge on any atom is 0.319 e. The van der Waals surface area contributed by atoms with Gasteiger partial charge in [-0.05, 0) is 42.3 Å². The van der Waals surface area contributed by atoms with Crippen molar-refractivity contribution < 1.29 is 35.5 Å². The van der Waals surface area contributed by atoms with Crippen molar-refractivity contribution in [2.24, 2.45) is 0 Å². The van der Waals surface area contributed by atoms with Gasteiger partial charge in [0.1, 0.15) is 9.79 Å². The van der Waals surface area contributed by atoms with Crippen LogP contribution in [0.2, 0.25) is 0 Å². The molecule has 0 saturated heterocycles. The highest BCUT2D eigenvalue weighted by molar-refractivity contribution is 7.86. The topological polar surface area (TPSA) is 179 Å². The number of nitrogens with one attached hydrogen (secondary N) is 3. The van der Waals surface area contributed by atoms with E-state index in [0.717, 1.165) is 12.1 Å². The van der Waals surface area contributed by atoms with Crippen molar-refractivity contribution in [3.8, 4) is 0 Å². The van der Waals surface area contributed by atoms with Gasteiger partial charge in [0.25, 0.3) is 20.2 Å². The first-order chi connectivity index (χ1) is 14.8. The highest BCUT2D eigenvalue weighted by Crippen LogP contribution is 2.26. The normalized spacial score (nSPS) is 11.9. The molecule has 2 aromatic rings. The molecule has 13 heteroatoms. The molecule has 2 aromatic carbocycles. The SMILES string of the molecule is CCNC(=O)Nc1ccc(/C=C/c2ccc(NC(C)=O)cc2S(=O)(=O)O)c(S(=O)(=O)O)c1. The quantitative estimate of drug-likeness (QED) is 0.294. The minimum atomic E-state index is -4.71. The van der Waals surface area contributed by atoms with Crippen LogP contribution in [0.3, 0.4) is 0 Å². The third kappa shape index (κ3) is 6.88. The Bertz CT molecular complexity index is 1290. The predicted octanol–water partition coefficient (Wildman–Crippen LogP) is 2.45. The van der Waals surface area contributed by atoms with Crippen LogP contribution in [0.5, 0.6) is 0 Å². The van der Waals surface area contributed by atoms with E-state index in [9.17, 15) is 35.5 Å². The van der Waals surface area contributed by atoms with Crippen molar-refractivity contribution in [2.45, 2.75) is 23.6 Å². The Morgan fingerprint density at radius 3 is 1.66 bits per heavy atom. The zero-order valence-corrected chi connectivity index (χ0v) is 18.6. The molecule has 2 rings (SSSR count). The van der Waals surface area contributed by atoms with Crippen LogP contribution in [-0.4, -0.2) is 44.4 Å². The van der Waals surface area contributed by atoms with Crippen LogP contribution in [0.15, 0.2) is 46.2 Å². The van der Waals surface area contributed by atoms with Crippen molar-refractivity contribution in [2.75, 3.05) is 17.2 Å². The summed E-state index contributed by atoms with van der Waals surface area (Å²) in [6, 6.07) is 6.86. The van der Waals surface area contributed by atoms with Crippen LogP contribution in [0, 0.1) is 0 Å². The smallest absolute Gasteiger partial charge is 0.319 e. The average molecular weight is 484 g/mol. The number of carbonyl (C=O) groups excluding carboxylic acids is 2. The van der Waals surface area contributed by atoms with Gasteiger partial charge in [-0.15, -0.1) is 0 Å². The summed E-state index contributed by atoms with van der Waals surface area (Å²) in [5, 5.41) is 7.27. The highest BCUT2D eigenvalue weighted by Gasteiger charge is 2.18. The molecule has 0 aliphatic rings. The lowest BCUT2D eigenvalue weighted by atomic mass is 10.1. The van der Waals surface area contributed by atoms with Gasteiger partial charge in [-0.25, -0.2) is 4.79 Å². The molecule has 32 heavy (non-hydrogen) atoms. The van der Waals surface area contributed by atoms with Crippen LogP contribution in [0.1, 0.15) is 25.0 Å². The Kier molecular flexibility index (Phi) is 7.74. The summed E-state index contributed by atoms with van der Waals surface area (Å²) in [6.45, 7) is 3.26. The first-order valence-electron chi connectivity index (χ1n) is 9.05. The lowest BCUT2D eigenvalue weighted by Gasteiger charge is -2.10. The fourth-order valence-electron chi connectivity index (χ4n) is 2.67. The van der Waals surface area contributed by atoms with Gasteiger partial charge in [-0.3, -0.25) is 13.9 Å². The average Bonchev–Trinajstić information content (AvgIpc) is 2.65. The van der Waals surface area contributed by atoms with E-state index >= 15 is 0 Å². The van der Waals surface area contributed by atoms with Crippen LogP contribution in [0.25, 0.3) is 12.2 Å². The standard InChI is InChI=1S/C19H21N3O8S2/c1-3-20-19(24)22-16-9-7-14(18(11-16)32(28,29)30)5-4-13-6-8-15(21-12(2)23)10-17(13)31(25,26)27/h4-11H,3H2,1-2H3,(H,21,23)(H2,20,22,24)(H,25,26,27)(H,28,29,30)/b5-4+. The van der Waals surface area contributed by atoms with Crippen molar-refractivity contribution in [1.29, 1.82) is 0 Å². The van der Waals surface area contributed by atoms with E-state index in [2.05, 4.69) is 16.0 Å². The molecule has 0 aliphatic carbocycles. The third-order valence-electron chi connectivity index (χ3n) is 3.94. The van der Waals surface area contributed by atoms with E-state index in [1.807, 2.05) is 0 Å². The zero-order valence-electron chi connectivity index (χ0n) is 17.0. The summed E-state index contributed by atoms with van der Waals surface area (Å²) in [4.78, 5) is 21.8. The molecule has 0 heterocycles. The molecular formula is C19H21N3O8S2. The Balaban J connectivity index is 2.50. The summed E-state index contributed by atoms with van der Waals surface area (Å²) in [6.07, 6.45) is 2.42. The van der Waals surface area contributed by atoms with Gasteiger partial charge in [0, 0.05) is 24.8 Å². The molecule has 0 aromatic heterocycles. The predicted molar refractivity (Wildman–Crippen MR) is 118 cm³/mol. The maximum atomic E-state index is 11.8. The summed E-state index contributed by atoms with van der Waals surface area (Å²) in [7, 11) is -9.39. The van der Waals surface area contributed by atoms with Crippen molar-refractivity contribution in [3.63, 3.8) is 0 Å². The second-order valence-electron chi connectivity index (χ2n) is 6.45. The van der Waals surface area contributed by atoms with Gasteiger partial charge in [0.15, 0.2) is 0 Å². The van der Waals surface area contributed by atoms with Gasteiger partial charge in [0.2, 0.25) is 5.91 Å². The number of amides is 3. The number of anilines is 2. The first kappa shape index (κ1) is 25.0. The Hall–Kier alpha value is -3.26. The Morgan fingerprint density at radius 2 is 1.28 bits per heavy atom. The van der Waals surface area contributed by atoms with Crippen LogP contribution >= 0.6 is 0 Å². The van der Waals surface area contributed by atoms with Crippen LogP contribution in [0.4, 0.5) is 16.2 Å². The van der Waals surface area contributed by atoms with E-state index in [0.29, 0.717) is 6.54 Å². The van der Waals surface area contributed by atoms with E-state index in [1.165, 1.54) is 43.3 Å². The number of hydrogen-bond acceptors (Lipinski definition) is 6. The van der Waals surface area contributed by atoms with E-state index in [1.54, 1.807) is 6.92 Å². The summed E-state index contributed by atoms with van der Waals surface area (Å²) >= 11 is 0. The molecule has 0 radical (unpaired) electrons. The second-order valence-corrected chi connectivity index (χ2v) is 9.23. The Morgan fingerprint density at radius 1 is 0.844 bits per heavy atom. The molecular weight excluding hydrogens is 462 g/mol. The molecule has 3 amide bonds. The number of urea groups is 1. The fraction of sp³-hybridized carbons (Fsp3) is 0.158. The zero-order chi connectivity index (χ0) is 24.1. The number of carbonyl (C=O) groups is 2. The number of benzene rings is 2. The molecule has 0 atom stereocenters. The molecule has 0 unspecified atom stereocenters. The minimum absolute atomic E-state index is 0.00702. The largest absolute Gasteiger partial charge is 0.338 e. The van der Waals surface area contributed by atoms with Gasteiger partial charge < -0.3 is 16.0 Å². The molecule has 5 N–H and O–H groups in total. The number of rotatable bonds is 7. The molecule has 0 aliphatic heterocycles. The van der Waals surface area contributed by atoms with Crippen molar-refractivity contribution in [3.05, 3.63) is 47.5 Å². The third-order valence-corrected chi connectivity index (χ3v) is 5.76. The molecule has 0 bridgehead atoms. The monoisotopic (exact) mass is 483 g/mol. The van der Waals surface area contributed by atoms with Crippen LogP contribution in [-0.2, 0) is 25.0 Å². The lowest BCUT2D eigenvalue weighted by Crippen LogP contribution is -2.28. The molecule has 172 valence electrons. The summed E-state index contributed by atoms with van der Waals surface area (Å²) in [5.74, 6) is -0.450. The summed E-state index contributed by atoms with van der Waals surface area (Å²) < 4.78 is 66.2. The van der Waals surface area contributed by atoms with Crippen molar-refractivity contribution >= 4 is 55.7 Å². The molecule has 0 spiro atoms. The van der Waals surface area contributed by atoms with E-state index < -0.39 is 42.0 Å². The van der Waals surface area contributed by atoms with E-state index in [-0.39, 0.29) is 22.5 Å². The molecule has 0 fully saturated rings. The molecule has 0 saturated carbocycles. The first-order valence-corrected chi connectivity index (χ1v) is 11.9. The summed E-state index contributed by atoms with van der Waals surface area (Å²) in [5.41, 5.74) is 0.203. The van der Waals surface area contributed by atoms with Gasteiger partial charge in [-0.1, -0.05) is 24.3 Å². The minimum Gasteiger partial charge on any atom is -0.338 e. The van der Waals surface area contributed by atoms with E-state index in [4.69, 9.17) is 0 Å². The fourth-order valence-corrected chi connectivity index (χ4v) is 4.08.